The van der Waals surface area contributed by atoms with Crippen molar-refractivity contribution in [1.29, 1.82) is 0 Å². The van der Waals surface area contributed by atoms with Gasteiger partial charge in [-0.2, -0.15) is 0 Å². The number of rotatable bonds is 1. The van der Waals surface area contributed by atoms with E-state index in [9.17, 15) is 0 Å². The second-order valence-electron chi connectivity index (χ2n) is 4.44. The van der Waals surface area contributed by atoms with E-state index in [-0.39, 0.29) is 0 Å². The van der Waals surface area contributed by atoms with Gasteiger partial charge in [0.1, 0.15) is 0 Å². The maximum atomic E-state index is 2.40. The third-order valence-corrected chi connectivity index (χ3v) is 3.15. The molecule has 74 valence electrons. The zero-order chi connectivity index (χ0) is 9.97. The molecule has 0 amide bonds. The summed E-state index contributed by atoms with van der Waals surface area (Å²) in [5.41, 5.74) is 4.47. The van der Waals surface area contributed by atoms with Crippen molar-refractivity contribution >= 4 is 0 Å². The fourth-order valence-corrected chi connectivity index (χ4v) is 2.19. The standard InChI is InChI=1S/C14H18/c1-11-6-8-13(9-7-11)14-5-3-4-12(2)10-14/h3-6,10,13H,7-9H2,1-2H3. The molecule has 2 rings (SSSR count). The SMILES string of the molecule is CC1=CCC(c2cccc(C)c2)CC1. The second-order valence-corrected chi connectivity index (χ2v) is 4.44. The maximum Gasteiger partial charge on any atom is -0.0124 e. The second kappa shape index (κ2) is 4.00. The molecule has 0 fully saturated rings. The molecule has 0 aliphatic heterocycles. The summed E-state index contributed by atoms with van der Waals surface area (Å²) in [7, 11) is 0. The molecule has 0 radical (unpaired) electrons. The summed E-state index contributed by atoms with van der Waals surface area (Å²) in [5.74, 6) is 0.763. The van der Waals surface area contributed by atoms with E-state index in [1.54, 1.807) is 5.57 Å². The third kappa shape index (κ3) is 2.06. The topological polar surface area (TPSA) is 0 Å². The van der Waals surface area contributed by atoms with Crippen molar-refractivity contribution in [3.8, 4) is 0 Å². The van der Waals surface area contributed by atoms with Crippen LogP contribution in [-0.2, 0) is 0 Å². The van der Waals surface area contributed by atoms with Crippen molar-refractivity contribution in [1.82, 2.24) is 0 Å². The van der Waals surface area contributed by atoms with E-state index in [0.29, 0.717) is 0 Å². The largest absolute Gasteiger partial charge is 0.0850 e. The Bertz CT molecular complexity index is 347. The highest BCUT2D eigenvalue weighted by Crippen LogP contribution is 2.31. The van der Waals surface area contributed by atoms with Gasteiger partial charge in [-0.05, 0) is 44.6 Å². The Kier molecular flexibility index (Phi) is 2.72. The molecule has 0 saturated heterocycles. The molecular formula is C14H18. The maximum absolute atomic E-state index is 2.40. The van der Waals surface area contributed by atoms with Crippen LogP contribution in [0.15, 0.2) is 35.9 Å². The van der Waals surface area contributed by atoms with Gasteiger partial charge in [-0.1, -0.05) is 41.5 Å². The van der Waals surface area contributed by atoms with Crippen LogP contribution in [0.4, 0.5) is 0 Å². The van der Waals surface area contributed by atoms with Crippen molar-refractivity contribution in [2.24, 2.45) is 0 Å². The first kappa shape index (κ1) is 9.51. The van der Waals surface area contributed by atoms with Crippen LogP contribution in [0.1, 0.15) is 43.2 Å². The number of benzene rings is 1. The molecule has 0 nitrogen and oxygen atoms in total. The molecule has 1 aliphatic carbocycles. The smallest absolute Gasteiger partial charge is 0.0124 e. The van der Waals surface area contributed by atoms with Crippen molar-refractivity contribution in [2.45, 2.75) is 39.0 Å². The summed E-state index contributed by atoms with van der Waals surface area (Å²) in [5, 5.41) is 0. The summed E-state index contributed by atoms with van der Waals surface area (Å²) in [6.07, 6.45) is 6.23. The van der Waals surface area contributed by atoms with Gasteiger partial charge in [0.2, 0.25) is 0 Å². The van der Waals surface area contributed by atoms with Gasteiger partial charge in [-0.3, -0.25) is 0 Å². The van der Waals surface area contributed by atoms with E-state index in [2.05, 4.69) is 44.2 Å². The van der Waals surface area contributed by atoms with Crippen molar-refractivity contribution in [3.05, 3.63) is 47.0 Å². The highest BCUT2D eigenvalue weighted by atomic mass is 14.2. The Balaban J connectivity index is 2.16. The van der Waals surface area contributed by atoms with Gasteiger partial charge < -0.3 is 0 Å². The summed E-state index contributed by atoms with van der Waals surface area (Å²) < 4.78 is 0. The Morgan fingerprint density at radius 2 is 2.07 bits per heavy atom. The van der Waals surface area contributed by atoms with Crippen LogP contribution < -0.4 is 0 Å². The molecule has 0 N–H and O–H groups in total. The lowest BCUT2D eigenvalue weighted by Crippen LogP contribution is -2.03. The van der Waals surface area contributed by atoms with Crippen LogP contribution >= 0.6 is 0 Å². The molecule has 0 spiro atoms. The quantitative estimate of drug-likeness (QED) is 0.576. The van der Waals surface area contributed by atoms with E-state index in [1.165, 1.54) is 30.4 Å². The number of hydrogen-bond acceptors (Lipinski definition) is 0. The van der Waals surface area contributed by atoms with E-state index in [1.807, 2.05) is 0 Å². The Morgan fingerprint density at radius 1 is 1.21 bits per heavy atom. The monoisotopic (exact) mass is 186 g/mol. The molecule has 1 aromatic rings. The predicted molar refractivity (Wildman–Crippen MR) is 61.5 cm³/mol. The highest BCUT2D eigenvalue weighted by molar-refractivity contribution is 5.27. The van der Waals surface area contributed by atoms with Crippen LogP contribution in [0.25, 0.3) is 0 Å². The van der Waals surface area contributed by atoms with Gasteiger partial charge in [0.25, 0.3) is 0 Å². The first-order chi connectivity index (χ1) is 6.75. The molecule has 0 aromatic heterocycles. The van der Waals surface area contributed by atoms with Crippen LogP contribution in [0.3, 0.4) is 0 Å². The van der Waals surface area contributed by atoms with Crippen LogP contribution in [0.5, 0.6) is 0 Å². The first-order valence-electron chi connectivity index (χ1n) is 5.48. The van der Waals surface area contributed by atoms with E-state index in [4.69, 9.17) is 0 Å². The molecule has 0 heteroatoms. The summed E-state index contributed by atoms with van der Waals surface area (Å²) in [6.45, 7) is 4.42. The minimum absolute atomic E-state index is 0.763. The number of aryl methyl sites for hydroxylation is 1. The minimum atomic E-state index is 0.763. The van der Waals surface area contributed by atoms with E-state index in [0.717, 1.165) is 5.92 Å². The van der Waals surface area contributed by atoms with Crippen molar-refractivity contribution in [3.63, 3.8) is 0 Å². The van der Waals surface area contributed by atoms with Gasteiger partial charge in [-0.15, -0.1) is 0 Å². The van der Waals surface area contributed by atoms with Gasteiger partial charge in [0.15, 0.2) is 0 Å². The van der Waals surface area contributed by atoms with Gasteiger partial charge in [0, 0.05) is 0 Å². The minimum Gasteiger partial charge on any atom is -0.0850 e. The van der Waals surface area contributed by atoms with E-state index >= 15 is 0 Å². The fraction of sp³-hybridized carbons (Fsp3) is 0.429. The highest BCUT2D eigenvalue weighted by Gasteiger charge is 2.14. The Labute approximate surface area is 86.7 Å². The third-order valence-electron chi connectivity index (χ3n) is 3.15. The van der Waals surface area contributed by atoms with Gasteiger partial charge in [-0.25, -0.2) is 0 Å². The molecule has 1 unspecified atom stereocenters. The van der Waals surface area contributed by atoms with E-state index < -0.39 is 0 Å². The molecule has 0 heterocycles. The molecule has 0 bridgehead atoms. The van der Waals surface area contributed by atoms with Crippen molar-refractivity contribution < 1.29 is 0 Å². The number of hydrogen-bond donors (Lipinski definition) is 0. The lowest BCUT2D eigenvalue weighted by atomic mass is 9.85. The summed E-state index contributed by atoms with van der Waals surface area (Å²) in [6, 6.07) is 8.95. The molecule has 1 aromatic carbocycles. The molecule has 1 atom stereocenters. The molecule has 14 heavy (non-hydrogen) atoms. The van der Waals surface area contributed by atoms with Crippen LogP contribution in [0.2, 0.25) is 0 Å². The Hall–Kier alpha value is -1.04. The Morgan fingerprint density at radius 3 is 2.71 bits per heavy atom. The van der Waals surface area contributed by atoms with Gasteiger partial charge >= 0.3 is 0 Å². The normalized spacial score (nSPS) is 21.9. The predicted octanol–water partition coefficient (Wildman–Crippen LogP) is 4.21. The average molecular weight is 186 g/mol. The van der Waals surface area contributed by atoms with Crippen LogP contribution in [-0.4, -0.2) is 0 Å². The van der Waals surface area contributed by atoms with Gasteiger partial charge in [0.05, 0.1) is 0 Å². The first-order valence-corrected chi connectivity index (χ1v) is 5.48. The molecule has 1 aliphatic rings. The zero-order valence-electron chi connectivity index (χ0n) is 9.09. The zero-order valence-corrected chi connectivity index (χ0v) is 9.09. The number of allylic oxidation sites excluding steroid dienone is 2. The summed E-state index contributed by atoms with van der Waals surface area (Å²) in [4.78, 5) is 0. The molecular weight excluding hydrogens is 168 g/mol. The van der Waals surface area contributed by atoms with Crippen LogP contribution in [0, 0.1) is 6.92 Å². The lowest BCUT2D eigenvalue weighted by Gasteiger charge is -2.21. The molecule has 0 saturated carbocycles. The van der Waals surface area contributed by atoms with Crippen molar-refractivity contribution in [2.75, 3.05) is 0 Å². The summed E-state index contributed by atoms with van der Waals surface area (Å²) >= 11 is 0. The average Bonchev–Trinajstić information content (AvgIpc) is 2.19. The lowest BCUT2D eigenvalue weighted by molar-refractivity contribution is 0.599. The fourth-order valence-electron chi connectivity index (χ4n) is 2.19.